The molecule has 9 nitrogen and oxygen atoms in total. The molecule has 3 aromatic rings. The molecule has 0 aliphatic carbocycles. The second-order valence-electron chi connectivity index (χ2n) is 11.2. The van der Waals surface area contributed by atoms with Crippen molar-refractivity contribution < 1.29 is 9.84 Å². The van der Waals surface area contributed by atoms with Crippen molar-refractivity contribution >= 4 is 17.2 Å². The molecule has 1 spiro atoms. The highest BCUT2D eigenvalue weighted by molar-refractivity contribution is 5.74. The van der Waals surface area contributed by atoms with Crippen LogP contribution >= 0.6 is 0 Å². The Hall–Kier alpha value is -3.87. The van der Waals surface area contributed by atoms with E-state index in [2.05, 4.69) is 53.9 Å². The molecule has 4 fully saturated rings. The summed E-state index contributed by atoms with van der Waals surface area (Å²) in [5.74, 6) is 7.20. The summed E-state index contributed by atoms with van der Waals surface area (Å²) in [6, 6.07) is 14.1. The van der Waals surface area contributed by atoms with Crippen molar-refractivity contribution in [1.82, 2.24) is 20.1 Å². The number of likely N-dealkylation sites (tertiary alicyclic amines) is 1. The van der Waals surface area contributed by atoms with Crippen LogP contribution in [0, 0.1) is 11.8 Å². The maximum atomic E-state index is 10.3. The van der Waals surface area contributed by atoms with Crippen LogP contribution in [0.15, 0.2) is 48.7 Å². The molecule has 2 aromatic heterocycles. The van der Waals surface area contributed by atoms with Crippen molar-refractivity contribution in [2.45, 2.75) is 43.4 Å². The minimum Gasteiger partial charge on any atom is -0.507 e. The van der Waals surface area contributed by atoms with E-state index in [1.165, 1.54) is 18.5 Å². The maximum absolute atomic E-state index is 10.3. The number of benzene rings is 1. The number of pyridine rings is 1. The van der Waals surface area contributed by atoms with Crippen LogP contribution in [0.5, 0.6) is 5.75 Å². The fourth-order valence-electron chi connectivity index (χ4n) is 6.76. The van der Waals surface area contributed by atoms with E-state index >= 15 is 0 Å². The van der Waals surface area contributed by atoms with Crippen LogP contribution < -0.4 is 15.5 Å². The predicted octanol–water partition coefficient (Wildman–Crippen LogP) is 2.90. The van der Waals surface area contributed by atoms with Gasteiger partial charge in [0.1, 0.15) is 11.4 Å². The zero-order valence-electron chi connectivity index (χ0n) is 22.0. The Kier molecular flexibility index (Phi) is 6.02. The van der Waals surface area contributed by atoms with Gasteiger partial charge in [-0.25, -0.2) is 4.98 Å². The number of nitrogens with zero attached hydrogens (tertiary/aromatic N) is 6. The first-order valence-electron chi connectivity index (χ1n) is 13.8. The lowest BCUT2D eigenvalue weighted by Gasteiger charge is -2.46. The highest BCUT2D eigenvalue weighted by atomic mass is 16.5. The van der Waals surface area contributed by atoms with Crippen LogP contribution in [0.3, 0.4) is 0 Å². The summed E-state index contributed by atoms with van der Waals surface area (Å²) in [7, 11) is 0. The zero-order chi connectivity index (χ0) is 26.4. The molecule has 4 aliphatic rings. The smallest absolute Gasteiger partial charge is 0.169 e. The molecular weight excluding hydrogens is 490 g/mol. The Bertz CT molecular complexity index is 1420. The molecule has 2 bridgehead atoms. The molecule has 2 unspecified atom stereocenters. The van der Waals surface area contributed by atoms with E-state index in [1.54, 1.807) is 12.1 Å². The number of ether oxygens (including phenoxy) is 1. The van der Waals surface area contributed by atoms with Crippen molar-refractivity contribution in [2.75, 3.05) is 54.9 Å². The second kappa shape index (κ2) is 9.70. The lowest BCUT2D eigenvalue weighted by Crippen LogP contribution is -2.61. The average molecular weight is 524 g/mol. The summed E-state index contributed by atoms with van der Waals surface area (Å²) in [6.45, 7) is 5.33. The Morgan fingerprint density at radius 1 is 1.08 bits per heavy atom. The minimum absolute atomic E-state index is 0.114. The largest absolute Gasteiger partial charge is 0.507 e. The van der Waals surface area contributed by atoms with Gasteiger partial charge in [0, 0.05) is 62.3 Å². The average Bonchev–Trinajstić information content (AvgIpc) is 3.52. The number of para-hydroxylation sites is 1. The molecule has 7 rings (SSSR count). The van der Waals surface area contributed by atoms with Crippen molar-refractivity contribution in [3.63, 3.8) is 0 Å². The summed E-state index contributed by atoms with van der Waals surface area (Å²) in [6.07, 6.45) is 6.47. The van der Waals surface area contributed by atoms with E-state index in [1.807, 2.05) is 24.4 Å². The van der Waals surface area contributed by atoms with Gasteiger partial charge in [-0.05, 0) is 61.9 Å². The van der Waals surface area contributed by atoms with E-state index in [-0.39, 0.29) is 11.4 Å². The lowest BCUT2D eigenvalue weighted by molar-refractivity contribution is -0.105. The van der Waals surface area contributed by atoms with Gasteiger partial charge < -0.3 is 25.4 Å². The number of phenols is 1. The number of nitrogens with two attached hydrogens (primary N) is 1. The van der Waals surface area contributed by atoms with E-state index in [0.29, 0.717) is 29.2 Å². The van der Waals surface area contributed by atoms with Gasteiger partial charge >= 0.3 is 0 Å². The third kappa shape index (κ3) is 4.54. The molecule has 0 radical (unpaired) electrons. The normalized spacial score (nSPS) is 23.5. The first kappa shape index (κ1) is 24.2. The number of hydrogen-bond donors (Lipinski definition) is 2. The molecule has 2 atom stereocenters. The Balaban J connectivity index is 1.05. The van der Waals surface area contributed by atoms with E-state index in [0.717, 1.165) is 63.6 Å². The van der Waals surface area contributed by atoms with Crippen LogP contribution in [-0.2, 0) is 4.74 Å². The van der Waals surface area contributed by atoms with Gasteiger partial charge in [-0.2, -0.15) is 0 Å². The molecule has 1 aromatic carbocycles. The number of piperazine rings is 1. The number of anilines is 3. The van der Waals surface area contributed by atoms with Gasteiger partial charge in [-0.3, -0.25) is 4.90 Å². The standard InChI is InChI=1S/C30H33N7O2/c31-29-27(16-26(33-34-29)25-6-1-2-7-28(25)38)36-17-23-8-9-24(18-36)37(23)22-10-12-32-21(15-22)5-3-13-35-19-30(20-35)11-4-14-39-30/h1-2,6-7,10,12,15-16,23-24,38H,4,8-9,11,13-14,17-20H2,(H2,31,34). The van der Waals surface area contributed by atoms with Gasteiger partial charge in [0.25, 0.3) is 0 Å². The molecule has 4 saturated heterocycles. The van der Waals surface area contributed by atoms with Crippen molar-refractivity contribution in [1.29, 1.82) is 0 Å². The zero-order valence-corrected chi connectivity index (χ0v) is 22.0. The molecule has 0 saturated carbocycles. The van der Waals surface area contributed by atoms with Crippen LogP contribution in [0.2, 0.25) is 0 Å². The highest BCUT2D eigenvalue weighted by Crippen LogP contribution is 2.39. The van der Waals surface area contributed by atoms with E-state index in [4.69, 9.17) is 10.5 Å². The molecule has 4 aliphatic heterocycles. The third-order valence-corrected chi connectivity index (χ3v) is 8.57. The summed E-state index contributed by atoms with van der Waals surface area (Å²) in [5, 5.41) is 18.8. The highest BCUT2D eigenvalue weighted by Gasteiger charge is 2.45. The minimum atomic E-state index is 0.114. The SMILES string of the molecule is Nc1nnc(-c2ccccc2O)cc1N1CC2CCC(C1)N2c1ccnc(C#CCN2CC3(CCCO3)C2)c1. The quantitative estimate of drug-likeness (QED) is 0.500. The summed E-state index contributed by atoms with van der Waals surface area (Å²) in [4.78, 5) is 11.7. The number of hydrogen-bond acceptors (Lipinski definition) is 9. The molecule has 39 heavy (non-hydrogen) atoms. The molecule has 200 valence electrons. The number of fused-ring (bicyclic) bond motifs is 2. The fraction of sp³-hybridized carbons (Fsp3) is 0.433. The number of phenolic OH excluding ortho intramolecular Hbond substituents is 1. The summed E-state index contributed by atoms with van der Waals surface area (Å²) in [5.41, 5.74) is 10.6. The van der Waals surface area contributed by atoms with Crippen LogP contribution in [-0.4, -0.2) is 82.2 Å². The molecular formula is C30H33N7O2. The number of aromatic hydroxyl groups is 1. The predicted molar refractivity (Wildman–Crippen MR) is 151 cm³/mol. The first-order valence-corrected chi connectivity index (χ1v) is 13.8. The second-order valence-corrected chi connectivity index (χ2v) is 11.2. The topological polar surface area (TPSA) is 104 Å². The lowest BCUT2D eigenvalue weighted by atomic mass is 9.91. The Morgan fingerprint density at radius 2 is 1.90 bits per heavy atom. The van der Waals surface area contributed by atoms with Crippen molar-refractivity contribution in [2.24, 2.45) is 0 Å². The monoisotopic (exact) mass is 523 g/mol. The first-order chi connectivity index (χ1) is 19.1. The summed E-state index contributed by atoms with van der Waals surface area (Å²) < 4.78 is 5.92. The number of rotatable bonds is 4. The van der Waals surface area contributed by atoms with Gasteiger partial charge in [0.05, 0.1) is 23.5 Å². The molecule has 0 amide bonds. The number of aromatic nitrogens is 3. The van der Waals surface area contributed by atoms with Gasteiger partial charge in [0.2, 0.25) is 0 Å². The van der Waals surface area contributed by atoms with Gasteiger partial charge in [0.15, 0.2) is 5.82 Å². The van der Waals surface area contributed by atoms with Crippen LogP contribution in [0.4, 0.5) is 17.2 Å². The third-order valence-electron chi connectivity index (χ3n) is 8.57. The van der Waals surface area contributed by atoms with Crippen molar-refractivity contribution in [3.8, 4) is 28.8 Å². The van der Waals surface area contributed by atoms with Gasteiger partial charge in [-0.1, -0.05) is 18.1 Å². The Morgan fingerprint density at radius 3 is 2.67 bits per heavy atom. The van der Waals surface area contributed by atoms with E-state index in [9.17, 15) is 5.11 Å². The number of nitrogen functional groups attached to an aromatic ring is 1. The van der Waals surface area contributed by atoms with Crippen LogP contribution in [0.25, 0.3) is 11.3 Å². The molecule has 6 heterocycles. The van der Waals surface area contributed by atoms with Crippen molar-refractivity contribution in [3.05, 3.63) is 54.4 Å². The molecule has 3 N–H and O–H groups in total. The van der Waals surface area contributed by atoms with Crippen LogP contribution in [0.1, 0.15) is 31.4 Å². The van der Waals surface area contributed by atoms with E-state index < -0.39 is 0 Å². The molecule has 9 heteroatoms. The van der Waals surface area contributed by atoms with Gasteiger partial charge in [-0.15, -0.1) is 10.2 Å². The fourth-order valence-corrected chi connectivity index (χ4v) is 6.76. The maximum Gasteiger partial charge on any atom is 0.169 e. The summed E-state index contributed by atoms with van der Waals surface area (Å²) >= 11 is 0. The Labute approximate surface area is 228 Å².